The number of benzene rings is 1. The van der Waals surface area contributed by atoms with Crippen molar-refractivity contribution >= 4 is 23.3 Å². The number of hydrogen-bond donors (Lipinski definition) is 2. The van der Waals surface area contributed by atoms with Crippen LogP contribution in [0.2, 0.25) is 0 Å². The van der Waals surface area contributed by atoms with Gasteiger partial charge < -0.3 is 20.7 Å². The van der Waals surface area contributed by atoms with E-state index >= 15 is 0 Å². The number of nitrogens with one attached hydrogen (secondary N) is 1. The van der Waals surface area contributed by atoms with Crippen molar-refractivity contribution in [2.45, 2.75) is 50.9 Å². The van der Waals surface area contributed by atoms with Gasteiger partial charge in [-0.15, -0.1) is 0 Å². The fraction of sp³-hybridized carbons (Fsp3) is 0.500. The number of nitrogens with zero attached hydrogens (tertiary/aromatic N) is 5. The molecule has 2 atom stereocenters. The minimum absolute atomic E-state index is 0.0161. The lowest BCUT2D eigenvalue weighted by Gasteiger charge is -2.32. The highest BCUT2D eigenvalue weighted by atomic mass is 19.4. The molecule has 3 aromatic rings. The molecule has 2 unspecified atom stereocenters. The van der Waals surface area contributed by atoms with Gasteiger partial charge in [-0.25, -0.2) is 18.7 Å². The topological polar surface area (TPSA) is 118 Å². The number of piperidine rings is 1. The lowest BCUT2D eigenvalue weighted by Crippen LogP contribution is -2.42. The minimum atomic E-state index is -4.74. The number of likely N-dealkylation sites (tertiary alicyclic amines) is 2. The SMILES string of the molecule is Cc1ccc(-c2cc(CN3CCC(C(F)(F)F)CC3)c3c(N)ncnn23)cc1C(=O)NC1CN(C(=O)OCC(F)(F)F)CC1F. The van der Waals surface area contributed by atoms with Crippen LogP contribution >= 0.6 is 0 Å². The van der Waals surface area contributed by atoms with Crippen LogP contribution in [0.25, 0.3) is 16.8 Å². The van der Waals surface area contributed by atoms with Crippen LogP contribution in [-0.2, 0) is 11.3 Å². The number of carbonyl (C=O) groups is 2. The highest BCUT2D eigenvalue weighted by Crippen LogP contribution is 2.36. The highest BCUT2D eigenvalue weighted by molar-refractivity contribution is 5.97. The van der Waals surface area contributed by atoms with Crippen LogP contribution < -0.4 is 11.1 Å². The Morgan fingerprint density at radius 1 is 1.09 bits per heavy atom. The number of carbonyl (C=O) groups excluding carboxylic acids is 2. The Morgan fingerprint density at radius 3 is 2.47 bits per heavy atom. The highest BCUT2D eigenvalue weighted by Gasteiger charge is 2.41. The summed E-state index contributed by atoms with van der Waals surface area (Å²) in [6, 6.07) is 5.55. The Labute approximate surface area is 252 Å². The van der Waals surface area contributed by atoms with E-state index in [9.17, 15) is 40.3 Å². The zero-order chi connectivity index (χ0) is 32.7. The Kier molecular flexibility index (Phi) is 8.83. The van der Waals surface area contributed by atoms with Crippen LogP contribution in [0.15, 0.2) is 30.6 Å². The third kappa shape index (κ3) is 7.23. The summed E-state index contributed by atoms with van der Waals surface area (Å²) < 4.78 is 97.1. The number of halogens is 7. The second kappa shape index (κ2) is 12.3. The van der Waals surface area contributed by atoms with E-state index in [1.165, 1.54) is 10.8 Å². The Bertz CT molecular complexity index is 1570. The normalized spacial score (nSPS) is 20.1. The Hall–Kier alpha value is -4.15. The number of aryl methyl sites for hydroxylation is 1. The van der Waals surface area contributed by atoms with Gasteiger partial charge in [0.1, 0.15) is 18.0 Å². The van der Waals surface area contributed by atoms with Gasteiger partial charge in [0.15, 0.2) is 12.4 Å². The fourth-order valence-electron chi connectivity index (χ4n) is 5.69. The molecule has 2 aliphatic heterocycles. The number of fused-ring (bicyclic) bond motifs is 1. The number of hydrogen-bond acceptors (Lipinski definition) is 7. The van der Waals surface area contributed by atoms with Crippen molar-refractivity contribution in [3.8, 4) is 11.3 Å². The van der Waals surface area contributed by atoms with E-state index in [-0.39, 0.29) is 43.9 Å². The van der Waals surface area contributed by atoms with Gasteiger partial charge in [0.2, 0.25) is 0 Å². The number of nitrogens with two attached hydrogens (primary N) is 1. The van der Waals surface area contributed by atoms with Crippen LogP contribution in [0.4, 0.5) is 41.3 Å². The third-order valence-corrected chi connectivity index (χ3v) is 8.07. The minimum Gasteiger partial charge on any atom is -0.440 e. The zero-order valence-electron chi connectivity index (χ0n) is 24.0. The molecule has 2 saturated heterocycles. The molecule has 4 heterocycles. The smallest absolute Gasteiger partial charge is 0.422 e. The molecule has 2 aliphatic rings. The quantitative estimate of drug-likeness (QED) is 0.379. The Morgan fingerprint density at radius 2 is 1.80 bits per heavy atom. The van der Waals surface area contributed by atoms with Crippen LogP contribution in [0.3, 0.4) is 0 Å². The van der Waals surface area contributed by atoms with Gasteiger partial charge in [-0.05, 0) is 56.1 Å². The molecule has 2 aromatic heterocycles. The van der Waals surface area contributed by atoms with Gasteiger partial charge in [-0.3, -0.25) is 9.69 Å². The zero-order valence-corrected chi connectivity index (χ0v) is 24.0. The van der Waals surface area contributed by atoms with E-state index in [0.29, 0.717) is 34.4 Å². The lowest BCUT2D eigenvalue weighted by atomic mass is 9.96. The second-order valence-corrected chi connectivity index (χ2v) is 11.3. The molecular weight excluding hydrogens is 615 g/mol. The molecular formula is C28H30F7N7O3. The summed E-state index contributed by atoms with van der Waals surface area (Å²) in [6.45, 7) is -0.299. The average molecular weight is 646 g/mol. The van der Waals surface area contributed by atoms with Gasteiger partial charge in [0, 0.05) is 24.2 Å². The van der Waals surface area contributed by atoms with Crippen LogP contribution in [0.1, 0.15) is 34.3 Å². The molecule has 0 radical (unpaired) electrons. The number of ether oxygens (including phenoxy) is 1. The maximum Gasteiger partial charge on any atom is 0.422 e. The van der Waals surface area contributed by atoms with Crippen molar-refractivity contribution in [1.82, 2.24) is 29.7 Å². The predicted octanol–water partition coefficient (Wildman–Crippen LogP) is 4.51. The monoisotopic (exact) mass is 645 g/mol. The largest absolute Gasteiger partial charge is 0.440 e. The van der Waals surface area contributed by atoms with Crippen molar-refractivity contribution in [3.63, 3.8) is 0 Å². The number of anilines is 1. The molecule has 17 heteroatoms. The molecule has 10 nitrogen and oxygen atoms in total. The average Bonchev–Trinajstić information content (AvgIpc) is 3.52. The van der Waals surface area contributed by atoms with Crippen LogP contribution in [0, 0.1) is 12.8 Å². The molecule has 5 rings (SSSR count). The summed E-state index contributed by atoms with van der Waals surface area (Å²) >= 11 is 0. The van der Waals surface area contributed by atoms with E-state index in [4.69, 9.17) is 5.73 Å². The molecule has 0 saturated carbocycles. The maximum atomic E-state index is 14.7. The van der Waals surface area contributed by atoms with Gasteiger partial charge in [0.25, 0.3) is 5.91 Å². The molecule has 45 heavy (non-hydrogen) atoms. The Balaban J connectivity index is 1.34. The van der Waals surface area contributed by atoms with E-state index in [2.05, 4.69) is 20.1 Å². The van der Waals surface area contributed by atoms with Gasteiger partial charge in [-0.1, -0.05) is 12.1 Å². The summed E-state index contributed by atoms with van der Waals surface area (Å²) in [4.78, 5) is 32.0. The first-order chi connectivity index (χ1) is 21.1. The molecule has 2 amide bonds. The third-order valence-electron chi connectivity index (χ3n) is 8.07. The van der Waals surface area contributed by atoms with E-state index in [1.807, 2.05) is 4.90 Å². The van der Waals surface area contributed by atoms with E-state index in [1.54, 1.807) is 31.2 Å². The summed E-state index contributed by atoms with van der Waals surface area (Å²) in [6.07, 6.45) is -10.8. The van der Waals surface area contributed by atoms with Crippen LogP contribution in [-0.4, -0.2) is 93.8 Å². The molecule has 3 N–H and O–H groups in total. The molecule has 1 aromatic carbocycles. The number of rotatable bonds is 6. The molecule has 2 fully saturated rings. The van der Waals surface area contributed by atoms with Crippen molar-refractivity contribution in [1.29, 1.82) is 0 Å². The summed E-state index contributed by atoms with van der Waals surface area (Å²) in [7, 11) is 0. The lowest BCUT2D eigenvalue weighted by molar-refractivity contribution is -0.185. The molecule has 0 aliphatic carbocycles. The van der Waals surface area contributed by atoms with Crippen molar-refractivity contribution < 1.29 is 45.1 Å². The summed E-state index contributed by atoms with van der Waals surface area (Å²) in [5.41, 5.74) is 9.10. The van der Waals surface area contributed by atoms with Gasteiger partial charge >= 0.3 is 18.4 Å². The van der Waals surface area contributed by atoms with E-state index in [0.717, 1.165) is 4.90 Å². The molecule has 0 bridgehead atoms. The van der Waals surface area contributed by atoms with Crippen molar-refractivity contribution in [2.75, 3.05) is 38.5 Å². The van der Waals surface area contributed by atoms with Gasteiger partial charge in [-0.2, -0.15) is 31.4 Å². The number of aromatic nitrogens is 3. The van der Waals surface area contributed by atoms with Crippen molar-refractivity contribution in [3.05, 3.63) is 47.3 Å². The molecule has 0 spiro atoms. The maximum absolute atomic E-state index is 14.7. The summed E-state index contributed by atoms with van der Waals surface area (Å²) in [5, 5.41) is 6.83. The fourth-order valence-corrected chi connectivity index (χ4v) is 5.69. The second-order valence-electron chi connectivity index (χ2n) is 11.3. The van der Waals surface area contributed by atoms with Gasteiger partial charge in [0.05, 0.1) is 24.2 Å². The standard InChI is InChI=1S/C28H30F7N7O3/c1-15-2-3-16(8-19(15)25(43)39-21-12-41(11-20(21)29)26(44)45-13-27(30,31)32)22-9-17(23-24(36)37-14-38-42(22)23)10-40-6-4-18(5-7-40)28(33,34)35/h2-3,8-9,14,18,20-21H,4-7,10-13H2,1H3,(H,39,43)(H2,36,37,38). The first-order valence-corrected chi connectivity index (χ1v) is 14.0. The summed E-state index contributed by atoms with van der Waals surface area (Å²) in [5.74, 6) is -1.85. The molecule has 244 valence electrons. The first-order valence-electron chi connectivity index (χ1n) is 14.0. The van der Waals surface area contributed by atoms with Crippen molar-refractivity contribution in [2.24, 2.45) is 5.92 Å². The van der Waals surface area contributed by atoms with Crippen LogP contribution in [0.5, 0.6) is 0 Å². The van der Waals surface area contributed by atoms with E-state index < -0.39 is 55.6 Å². The number of alkyl halides is 7. The number of nitrogen functional groups attached to an aromatic ring is 1. The number of amides is 2. The first kappa shape index (κ1) is 32.2. The predicted molar refractivity (Wildman–Crippen MR) is 147 cm³/mol.